The molecule has 0 radical (unpaired) electrons. The van der Waals surface area contributed by atoms with Gasteiger partial charge in [-0.05, 0) is 46.3 Å². The molecule has 0 fully saturated rings. The molecule has 0 spiro atoms. The van der Waals surface area contributed by atoms with Crippen molar-refractivity contribution in [3.8, 4) is 11.5 Å². The number of fused-ring (bicyclic) bond motifs is 3. The normalized spacial score (nSPS) is 11.0. The molecule has 0 atom stereocenters. The minimum atomic E-state index is 0.918. The second-order valence-corrected chi connectivity index (χ2v) is 6.10. The molecule has 0 aliphatic carbocycles. The van der Waals surface area contributed by atoms with Gasteiger partial charge in [0.2, 0.25) is 0 Å². The minimum absolute atomic E-state index is 0.918. The molecular weight excluding hydrogens is 292 g/mol. The fourth-order valence-electron chi connectivity index (χ4n) is 3.30. The lowest BCUT2D eigenvalue weighted by Crippen LogP contribution is -1.92. The summed E-state index contributed by atoms with van der Waals surface area (Å²) in [6, 6.07) is 27.5. The molecule has 0 bridgehead atoms. The highest BCUT2D eigenvalue weighted by molar-refractivity contribution is 6.09. The van der Waals surface area contributed by atoms with E-state index < -0.39 is 0 Å². The molecule has 0 aliphatic heterocycles. The summed E-state index contributed by atoms with van der Waals surface area (Å²) in [7, 11) is 0. The lowest BCUT2D eigenvalue weighted by atomic mass is 10.0. The molecule has 0 amide bonds. The first-order chi connectivity index (χ1) is 11.9. The average Bonchev–Trinajstić information content (AvgIpc) is 2.63. The van der Waals surface area contributed by atoms with Crippen LogP contribution < -0.4 is 4.74 Å². The van der Waals surface area contributed by atoms with Gasteiger partial charge in [-0.3, -0.25) is 0 Å². The van der Waals surface area contributed by atoms with Gasteiger partial charge in [-0.2, -0.15) is 0 Å². The van der Waals surface area contributed by atoms with Gasteiger partial charge in [-0.15, -0.1) is 0 Å². The van der Waals surface area contributed by atoms with E-state index in [4.69, 9.17) is 4.74 Å². The summed E-state index contributed by atoms with van der Waals surface area (Å²) in [5.74, 6) is 1.88. The van der Waals surface area contributed by atoms with Gasteiger partial charge < -0.3 is 4.74 Å². The second kappa shape index (κ2) is 6.37. The summed E-state index contributed by atoms with van der Waals surface area (Å²) in [6.07, 6.45) is 2.14. The summed E-state index contributed by atoms with van der Waals surface area (Å²) >= 11 is 0. The van der Waals surface area contributed by atoms with Crippen LogP contribution in [0.15, 0.2) is 78.9 Å². The molecular formula is C23H20O. The molecule has 0 heterocycles. The van der Waals surface area contributed by atoms with E-state index >= 15 is 0 Å². The fraction of sp³-hybridized carbons (Fsp3) is 0.130. The third kappa shape index (κ3) is 2.63. The Bertz CT molecular complexity index is 1000. The first-order valence-electron chi connectivity index (χ1n) is 8.53. The predicted octanol–water partition coefficient (Wildman–Crippen LogP) is 6.74. The topological polar surface area (TPSA) is 9.23 Å². The molecule has 0 aliphatic rings. The molecule has 4 aromatic carbocycles. The van der Waals surface area contributed by atoms with Gasteiger partial charge in [-0.25, -0.2) is 0 Å². The van der Waals surface area contributed by atoms with Crippen molar-refractivity contribution in [3.05, 3.63) is 84.4 Å². The zero-order valence-electron chi connectivity index (χ0n) is 13.8. The second-order valence-electron chi connectivity index (χ2n) is 6.10. The van der Waals surface area contributed by atoms with Crippen LogP contribution in [0.5, 0.6) is 11.5 Å². The van der Waals surface area contributed by atoms with E-state index in [0.717, 1.165) is 29.7 Å². The number of aryl methyl sites for hydroxylation is 1. The molecule has 118 valence electrons. The molecule has 24 heavy (non-hydrogen) atoms. The van der Waals surface area contributed by atoms with Gasteiger partial charge in [0.25, 0.3) is 0 Å². The van der Waals surface area contributed by atoms with Crippen molar-refractivity contribution in [2.75, 3.05) is 0 Å². The Morgan fingerprint density at radius 1 is 0.625 bits per heavy atom. The largest absolute Gasteiger partial charge is 0.456 e. The quantitative estimate of drug-likeness (QED) is 0.379. The van der Waals surface area contributed by atoms with Crippen LogP contribution in [-0.4, -0.2) is 0 Å². The monoisotopic (exact) mass is 312 g/mol. The molecule has 0 saturated carbocycles. The van der Waals surface area contributed by atoms with Crippen molar-refractivity contribution in [1.82, 2.24) is 0 Å². The molecule has 1 heteroatoms. The third-order valence-electron chi connectivity index (χ3n) is 4.46. The first-order valence-corrected chi connectivity index (χ1v) is 8.53. The fourth-order valence-corrected chi connectivity index (χ4v) is 3.30. The van der Waals surface area contributed by atoms with Crippen LogP contribution in [0.1, 0.15) is 18.9 Å². The SMILES string of the molecule is CCCc1ccccc1Oc1cccc2c1ccc1ccccc12. The third-order valence-corrected chi connectivity index (χ3v) is 4.46. The van der Waals surface area contributed by atoms with Gasteiger partial charge >= 0.3 is 0 Å². The standard InChI is InChI=1S/C23H20O/c1-2-8-18-10-4-6-13-22(18)24-23-14-7-12-20-19-11-5-3-9-17(19)15-16-21(20)23/h3-7,9-16H,2,8H2,1H3. The van der Waals surface area contributed by atoms with Crippen molar-refractivity contribution < 1.29 is 4.74 Å². The summed E-state index contributed by atoms with van der Waals surface area (Å²) in [6.45, 7) is 2.20. The number of para-hydroxylation sites is 1. The van der Waals surface area contributed by atoms with Crippen LogP contribution in [0.4, 0.5) is 0 Å². The Hall–Kier alpha value is -2.80. The number of rotatable bonds is 4. The van der Waals surface area contributed by atoms with Crippen molar-refractivity contribution in [2.24, 2.45) is 0 Å². The van der Waals surface area contributed by atoms with E-state index in [-0.39, 0.29) is 0 Å². The van der Waals surface area contributed by atoms with E-state index in [1.165, 1.54) is 21.7 Å². The Morgan fingerprint density at radius 3 is 2.29 bits per heavy atom. The Labute approximate surface area is 142 Å². The molecule has 4 rings (SSSR count). The van der Waals surface area contributed by atoms with Crippen molar-refractivity contribution >= 4 is 21.5 Å². The van der Waals surface area contributed by atoms with Gasteiger partial charge in [-0.1, -0.05) is 74.0 Å². The van der Waals surface area contributed by atoms with Gasteiger partial charge in [0.15, 0.2) is 0 Å². The van der Waals surface area contributed by atoms with Crippen LogP contribution in [0.2, 0.25) is 0 Å². The minimum Gasteiger partial charge on any atom is -0.456 e. The van der Waals surface area contributed by atoms with Crippen LogP contribution in [0.3, 0.4) is 0 Å². The number of ether oxygens (including phenoxy) is 1. The highest BCUT2D eigenvalue weighted by Gasteiger charge is 2.08. The first kappa shape index (κ1) is 14.8. The number of hydrogen-bond donors (Lipinski definition) is 0. The van der Waals surface area contributed by atoms with Crippen LogP contribution in [0.25, 0.3) is 21.5 Å². The van der Waals surface area contributed by atoms with Crippen LogP contribution >= 0.6 is 0 Å². The molecule has 0 saturated heterocycles. The van der Waals surface area contributed by atoms with Crippen molar-refractivity contribution in [2.45, 2.75) is 19.8 Å². The number of hydrogen-bond acceptors (Lipinski definition) is 1. The Kier molecular flexibility index (Phi) is 3.92. The van der Waals surface area contributed by atoms with Crippen molar-refractivity contribution in [1.29, 1.82) is 0 Å². The maximum absolute atomic E-state index is 6.32. The van der Waals surface area contributed by atoms with E-state index in [1.54, 1.807) is 0 Å². The number of benzene rings is 4. The van der Waals surface area contributed by atoms with Gasteiger partial charge in [0.1, 0.15) is 11.5 Å². The summed E-state index contributed by atoms with van der Waals surface area (Å²) < 4.78 is 6.32. The molecule has 0 unspecified atom stereocenters. The molecule has 1 nitrogen and oxygen atoms in total. The zero-order chi connectivity index (χ0) is 16.4. The predicted molar refractivity (Wildman–Crippen MR) is 102 cm³/mol. The highest BCUT2D eigenvalue weighted by atomic mass is 16.5. The van der Waals surface area contributed by atoms with Gasteiger partial charge in [0.05, 0.1) is 0 Å². The van der Waals surface area contributed by atoms with Gasteiger partial charge in [0, 0.05) is 5.39 Å². The van der Waals surface area contributed by atoms with Crippen LogP contribution in [0, 0.1) is 0 Å². The Balaban J connectivity index is 1.85. The van der Waals surface area contributed by atoms with E-state index in [2.05, 4.69) is 79.7 Å². The average molecular weight is 312 g/mol. The summed E-state index contributed by atoms with van der Waals surface area (Å²) in [5.41, 5.74) is 1.26. The zero-order valence-corrected chi connectivity index (χ0v) is 13.8. The molecule has 0 aromatic heterocycles. The van der Waals surface area contributed by atoms with Crippen LogP contribution in [-0.2, 0) is 6.42 Å². The lowest BCUT2D eigenvalue weighted by Gasteiger charge is -2.13. The smallest absolute Gasteiger partial charge is 0.135 e. The maximum Gasteiger partial charge on any atom is 0.135 e. The summed E-state index contributed by atoms with van der Waals surface area (Å²) in [5, 5.41) is 4.91. The molecule has 0 N–H and O–H groups in total. The highest BCUT2D eigenvalue weighted by Crippen LogP contribution is 2.35. The van der Waals surface area contributed by atoms with E-state index in [1.807, 2.05) is 6.07 Å². The Morgan fingerprint density at radius 2 is 1.38 bits per heavy atom. The maximum atomic E-state index is 6.32. The summed E-state index contributed by atoms with van der Waals surface area (Å²) in [4.78, 5) is 0. The van der Waals surface area contributed by atoms with Crippen molar-refractivity contribution in [3.63, 3.8) is 0 Å². The molecule has 4 aromatic rings. The lowest BCUT2D eigenvalue weighted by molar-refractivity contribution is 0.481. The van der Waals surface area contributed by atoms with E-state index in [0.29, 0.717) is 0 Å². The van der Waals surface area contributed by atoms with E-state index in [9.17, 15) is 0 Å².